The van der Waals surface area contributed by atoms with Crippen LogP contribution in [0.15, 0.2) is 18.7 Å². The number of hydrogen-bond acceptors (Lipinski definition) is 4. The lowest BCUT2D eigenvalue weighted by atomic mass is 10.7. The van der Waals surface area contributed by atoms with Gasteiger partial charge in [0.15, 0.2) is 0 Å². The first-order valence-corrected chi connectivity index (χ1v) is 3.81. The van der Waals surface area contributed by atoms with Gasteiger partial charge in [0.05, 0.1) is 0 Å². The predicted octanol–water partition coefficient (Wildman–Crippen LogP) is -0.301. The van der Waals surface area contributed by atoms with Crippen LogP contribution in [0, 0.1) is 0 Å². The second-order valence-electron chi connectivity index (χ2n) is 2.66. The molecule has 2 aromatic rings. The molecule has 0 aliphatic carbocycles. The van der Waals surface area contributed by atoms with Crippen molar-refractivity contribution in [2.75, 3.05) is 0 Å². The molecule has 0 fully saturated rings. The van der Waals surface area contributed by atoms with E-state index in [1.165, 1.54) is 11.0 Å². The highest BCUT2D eigenvalue weighted by molar-refractivity contribution is 5.82. The van der Waals surface area contributed by atoms with Crippen LogP contribution in [-0.2, 0) is 7.05 Å². The van der Waals surface area contributed by atoms with Gasteiger partial charge in [-0.05, 0) is 0 Å². The van der Waals surface area contributed by atoms with Gasteiger partial charge >= 0.3 is 5.97 Å². The Kier molecular flexibility index (Phi) is 1.77. The van der Waals surface area contributed by atoms with Crippen LogP contribution in [-0.4, -0.2) is 35.4 Å². The van der Waals surface area contributed by atoms with Gasteiger partial charge in [-0.1, -0.05) is 0 Å². The highest BCUT2D eigenvalue weighted by atomic mass is 16.4. The molecule has 0 saturated heterocycles. The molecule has 72 valence electrons. The van der Waals surface area contributed by atoms with Crippen LogP contribution in [0.5, 0.6) is 0 Å². The van der Waals surface area contributed by atoms with Gasteiger partial charge in [0.2, 0.25) is 5.95 Å². The number of aromatic carboxylic acids is 1. The number of carbonyl (C=O) groups is 1. The molecular weight excluding hydrogens is 186 g/mol. The summed E-state index contributed by atoms with van der Waals surface area (Å²) >= 11 is 0. The lowest BCUT2D eigenvalue weighted by molar-refractivity contribution is 0.0683. The third kappa shape index (κ3) is 1.24. The van der Waals surface area contributed by atoms with E-state index < -0.39 is 5.97 Å². The largest absolute Gasteiger partial charge is 0.475 e. The summed E-state index contributed by atoms with van der Waals surface area (Å²) in [6.45, 7) is 0. The van der Waals surface area contributed by atoms with E-state index in [0.29, 0.717) is 5.95 Å². The molecule has 7 heteroatoms. The van der Waals surface area contributed by atoms with Crippen molar-refractivity contribution in [3.05, 3.63) is 24.5 Å². The van der Waals surface area contributed by atoms with Crippen molar-refractivity contribution in [1.29, 1.82) is 0 Å². The smallest absolute Gasteiger partial charge is 0.375 e. The summed E-state index contributed by atoms with van der Waals surface area (Å²) in [5.74, 6) is -0.879. The molecule has 2 aromatic heterocycles. The molecule has 0 radical (unpaired) electrons. The minimum absolute atomic E-state index is 0.243. The van der Waals surface area contributed by atoms with Crippen LogP contribution in [0.4, 0.5) is 0 Å². The van der Waals surface area contributed by atoms with Crippen LogP contribution >= 0.6 is 0 Å². The zero-order chi connectivity index (χ0) is 10.1. The van der Waals surface area contributed by atoms with Crippen LogP contribution in [0.25, 0.3) is 5.95 Å². The summed E-state index contributed by atoms with van der Waals surface area (Å²) in [6.07, 6.45) is 4.64. The SMILES string of the molecule is Cn1ccnc1-n1cnc(C(=O)O)n1. The van der Waals surface area contributed by atoms with Gasteiger partial charge in [-0.15, -0.1) is 5.10 Å². The quantitative estimate of drug-likeness (QED) is 0.707. The standard InChI is InChI=1S/C7H7N5O2/c1-11-3-2-8-7(11)12-4-9-5(10-12)6(13)14/h2-4H,1H3,(H,13,14). The van der Waals surface area contributed by atoms with Crippen molar-refractivity contribution in [3.8, 4) is 5.95 Å². The van der Waals surface area contributed by atoms with Crippen molar-refractivity contribution < 1.29 is 9.90 Å². The number of carboxylic acid groups (broad SMARTS) is 1. The van der Waals surface area contributed by atoms with Crippen LogP contribution in [0.3, 0.4) is 0 Å². The van der Waals surface area contributed by atoms with Crippen LogP contribution in [0.1, 0.15) is 10.6 Å². The third-order valence-electron chi connectivity index (χ3n) is 1.68. The Bertz CT molecular complexity index is 472. The lowest BCUT2D eigenvalue weighted by Gasteiger charge is -1.97. The van der Waals surface area contributed by atoms with Gasteiger partial charge in [-0.3, -0.25) is 0 Å². The summed E-state index contributed by atoms with van der Waals surface area (Å²) in [6, 6.07) is 0. The highest BCUT2D eigenvalue weighted by Gasteiger charge is 2.11. The molecule has 0 amide bonds. The average Bonchev–Trinajstić information content (AvgIpc) is 2.71. The van der Waals surface area contributed by atoms with Crippen molar-refractivity contribution in [3.63, 3.8) is 0 Å². The van der Waals surface area contributed by atoms with E-state index in [9.17, 15) is 4.79 Å². The summed E-state index contributed by atoms with van der Waals surface area (Å²) in [4.78, 5) is 18.1. The van der Waals surface area contributed by atoms with E-state index in [0.717, 1.165) is 0 Å². The van der Waals surface area contributed by atoms with Gasteiger partial charge in [0.25, 0.3) is 5.82 Å². The first-order chi connectivity index (χ1) is 6.68. The first kappa shape index (κ1) is 8.42. The molecule has 2 rings (SSSR count). The maximum atomic E-state index is 10.5. The van der Waals surface area contributed by atoms with Crippen LogP contribution < -0.4 is 0 Å². The average molecular weight is 193 g/mol. The molecule has 0 atom stereocenters. The molecule has 0 unspecified atom stereocenters. The number of aromatic nitrogens is 5. The lowest BCUT2D eigenvalue weighted by Crippen LogP contribution is -2.05. The predicted molar refractivity (Wildman–Crippen MR) is 45.1 cm³/mol. The minimum atomic E-state index is -1.15. The van der Waals surface area contributed by atoms with Crippen molar-refractivity contribution >= 4 is 5.97 Å². The molecule has 0 spiro atoms. The fourth-order valence-corrected chi connectivity index (χ4v) is 1.04. The summed E-state index contributed by atoms with van der Waals surface area (Å²) in [5.41, 5.74) is 0. The first-order valence-electron chi connectivity index (χ1n) is 3.81. The van der Waals surface area contributed by atoms with Gasteiger partial charge in [0, 0.05) is 19.4 Å². The molecule has 14 heavy (non-hydrogen) atoms. The van der Waals surface area contributed by atoms with Gasteiger partial charge < -0.3 is 9.67 Å². The Balaban J connectivity index is 2.43. The fourth-order valence-electron chi connectivity index (χ4n) is 1.04. The van der Waals surface area contributed by atoms with E-state index in [1.807, 2.05) is 0 Å². The van der Waals surface area contributed by atoms with Crippen molar-refractivity contribution in [2.24, 2.45) is 7.05 Å². The van der Waals surface area contributed by atoms with E-state index in [2.05, 4.69) is 15.1 Å². The van der Waals surface area contributed by atoms with E-state index >= 15 is 0 Å². The zero-order valence-electron chi connectivity index (χ0n) is 7.32. The monoisotopic (exact) mass is 193 g/mol. The number of imidazole rings is 1. The molecule has 7 nitrogen and oxygen atoms in total. The van der Waals surface area contributed by atoms with Crippen molar-refractivity contribution in [1.82, 2.24) is 24.3 Å². The molecule has 0 saturated carbocycles. The van der Waals surface area contributed by atoms with E-state index in [4.69, 9.17) is 5.11 Å². The van der Waals surface area contributed by atoms with Gasteiger partial charge in [-0.2, -0.15) is 4.68 Å². The minimum Gasteiger partial charge on any atom is -0.475 e. The van der Waals surface area contributed by atoms with Gasteiger partial charge in [-0.25, -0.2) is 14.8 Å². The topological polar surface area (TPSA) is 85.8 Å². The summed E-state index contributed by atoms with van der Waals surface area (Å²) in [7, 11) is 1.78. The second kappa shape index (κ2) is 2.95. The molecule has 1 N–H and O–H groups in total. The maximum absolute atomic E-state index is 10.5. The highest BCUT2D eigenvalue weighted by Crippen LogP contribution is 2.01. The molecule has 2 heterocycles. The summed E-state index contributed by atoms with van der Waals surface area (Å²) < 4.78 is 3.02. The zero-order valence-corrected chi connectivity index (χ0v) is 7.32. The Morgan fingerprint density at radius 2 is 2.29 bits per heavy atom. The van der Waals surface area contributed by atoms with Crippen molar-refractivity contribution in [2.45, 2.75) is 0 Å². The molecular formula is C7H7N5O2. The normalized spacial score (nSPS) is 10.4. The number of nitrogens with zero attached hydrogens (tertiary/aromatic N) is 5. The number of aryl methyl sites for hydroxylation is 1. The number of rotatable bonds is 2. The van der Waals surface area contributed by atoms with E-state index in [1.54, 1.807) is 24.0 Å². The second-order valence-corrected chi connectivity index (χ2v) is 2.66. The Morgan fingerprint density at radius 3 is 2.79 bits per heavy atom. The Hall–Kier alpha value is -2.18. The third-order valence-corrected chi connectivity index (χ3v) is 1.68. The fraction of sp³-hybridized carbons (Fsp3) is 0.143. The van der Waals surface area contributed by atoms with Gasteiger partial charge in [0.1, 0.15) is 6.33 Å². The number of hydrogen-bond donors (Lipinski definition) is 1. The van der Waals surface area contributed by atoms with E-state index in [-0.39, 0.29) is 5.82 Å². The number of carboxylic acids is 1. The van der Waals surface area contributed by atoms with Crippen LogP contribution in [0.2, 0.25) is 0 Å². The Morgan fingerprint density at radius 1 is 1.50 bits per heavy atom. The molecule has 0 aromatic carbocycles. The Labute approximate surface area is 78.6 Å². The molecule has 0 bridgehead atoms. The maximum Gasteiger partial charge on any atom is 0.375 e. The molecule has 0 aliphatic heterocycles. The molecule has 0 aliphatic rings. The summed E-state index contributed by atoms with van der Waals surface area (Å²) in [5, 5.41) is 12.3.